The lowest BCUT2D eigenvalue weighted by Gasteiger charge is -2.16. The molecule has 9 nitrogen and oxygen atoms in total. The van der Waals surface area contributed by atoms with Gasteiger partial charge >= 0.3 is 12.4 Å². The summed E-state index contributed by atoms with van der Waals surface area (Å²) in [7, 11) is 1.65. The number of methoxy groups -OCH3 is 1. The number of hydrogen-bond donors (Lipinski definition) is 1. The molecule has 2 amide bonds. The van der Waals surface area contributed by atoms with Crippen molar-refractivity contribution in [2.75, 3.05) is 7.11 Å². The Morgan fingerprint density at radius 3 is 2.40 bits per heavy atom. The molecule has 0 unspecified atom stereocenters. The highest BCUT2D eigenvalue weighted by Gasteiger charge is 2.31. The second-order valence-electron chi connectivity index (χ2n) is 11.6. The van der Waals surface area contributed by atoms with E-state index in [2.05, 4.69) is 39.0 Å². The molecule has 248 valence electrons. The molecule has 6 rings (SSSR count). The number of ether oxygens (including phenoxy) is 2. The number of halogens is 3. The third-order valence-corrected chi connectivity index (χ3v) is 8.91. The van der Waals surface area contributed by atoms with Crippen molar-refractivity contribution in [1.29, 1.82) is 0 Å². The zero-order valence-electron chi connectivity index (χ0n) is 26.7. The van der Waals surface area contributed by atoms with Crippen LogP contribution in [0.5, 0.6) is 11.5 Å². The van der Waals surface area contributed by atoms with Crippen molar-refractivity contribution >= 4 is 22.9 Å². The van der Waals surface area contributed by atoms with Crippen molar-refractivity contribution in [3.63, 3.8) is 0 Å². The topological polar surface area (TPSA) is 95.6 Å². The second kappa shape index (κ2) is 13.5. The second-order valence-corrected chi connectivity index (χ2v) is 12.4. The van der Waals surface area contributed by atoms with Gasteiger partial charge < -0.3 is 14.8 Å². The summed E-state index contributed by atoms with van der Waals surface area (Å²) >= 11 is 1.42. The molecule has 0 saturated heterocycles. The van der Waals surface area contributed by atoms with Crippen LogP contribution < -0.4 is 19.6 Å². The number of aryl methyl sites for hydroxylation is 1. The van der Waals surface area contributed by atoms with Crippen molar-refractivity contribution in [2.45, 2.75) is 52.3 Å². The lowest BCUT2D eigenvalue weighted by atomic mass is 10.0. The van der Waals surface area contributed by atoms with Gasteiger partial charge in [0.05, 0.1) is 18.5 Å². The fourth-order valence-electron chi connectivity index (χ4n) is 5.67. The highest BCUT2D eigenvalue weighted by Crippen LogP contribution is 2.34. The van der Waals surface area contributed by atoms with Crippen LogP contribution >= 0.6 is 11.3 Å². The van der Waals surface area contributed by atoms with Gasteiger partial charge in [0.2, 0.25) is 0 Å². The number of allylic oxidation sites excluding steroid dienone is 2. The van der Waals surface area contributed by atoms with Crippen molar-refractivity contribution in [1.82, 2.24) is 24.6 Å². The number of nitrogens with one attached hydrogen (secondary N) is 1. The van der Waals surface area contributed by atoms with E-state index in [0.717, 1.165) is 64.4 Å². The molecular weight excluding hydrogens is 641 g/mol. The number of carbonyl (C=O) groups excluding carboxylic acids is 1. The average Bonchev–Trinajstić information content (AvgIpc) is 3.81. The largest absolute Gasteiger partial charge is 0.573 e. The fourth-order valence-corrected chi connectivity index (χ4v) is 6.54. The van der Waals surface area contributed by atoms with E-state index in [9.17, 15) is 18.0 Å². The van der Waals surface area contributed by atoms with Gasteiger partial charge in [-0.15, -0.1) is 29.6 Å². The minimum Gasteiger partial charge on any atom is -0.497 e. The predicted octanol–water partition coefficient (Wildman–Crippen LogP) is 8.33. The lowest BCUT2D eigenvalue weighted by molar-refractivity contribution is -0.274. The molecule has 1 aliphatic carbocycles. The Balaban J connectivity index is 1.19. The van der Waals surface area contributed by atoms with E-state index < -0.39 is 12.4 Å². The summed E-state index contributed by atoms with van der Waals surface area (Å²) < 4.78 is 50.3. The molecule has 48 heavy (non-hydrogen) atoms. The number of thiazole rings is 1. The summed E-state index contributed by atoms with van der Waals surface area (Å²) in [4.78, 5) is 22.7. The Morgan fingerprint density at radius 2 is 1.71 bits per heavy atom. The number of hydrogen-bond acceptors (Lipinski definition) is 6. The standard InChI is InChI=1S/C35H33F3N6O3S/c1-21(2)29-18-27(46-4)16-17-31(29)44-22(3)19-48-34(44)41-33(45)40-30-7-5-6-28(30)23-8-10-24(11-9-23)32-39-20-43(42-32)25-12-14-26(15-13-25)47-35(36,37)38/h8-21H,5-7H2,1-4H3,(H,40,45). The van der Waals surface area contributed by atoms with Crippen LogP contribution in [0.3, 0.4) is 0 Å². The number of carbonyl (C=O) groups is 1. The van der Waals surface area contributed by atoms with Crippen LogP contribution in [0.1, 0.15) is 55.8 Å². The molecule has 3 aromatic carbocycles. The van der Waals surface area contributed by atoms with Gasteiger partial charge in [0, 0.05) is 22.3 Å². The Morgan fingerprint density at radius 1 is 1.00 bits per heavy atom. The SMILES string of the molecule is COc1ccc(-n2c(C)csc2=NC(=O)NC2=C(c3ccc(-c4ncn(-c5ccc(OC(F)(F)F)cc5)n4)cc3)CCC2)c(C(C)C)c1. The molecule has 1 N–H and O–H groups in total. The van der Waals surface area contributed by atoms with Gasteiger partial charge in [0.1, 0.15) is 17.8 Å². The van der Waals surface area contributed by atoms with Gasteiger partial charge in [-0.25, -0.2) is 14.5 Å². The lowest BCUT2D eigenvalue weighted by Crippen LogP contribution is -2.24. The van der Waals surface area contributed by atoms with Crippen molar-refractivity contribution in [3.8, 4) is 34.3 Å². The maximum Gasteiger partial charge on any atom is 0.573 e. The summed E-state index contributed by atoms with van der Waals surface area (Å²) in [6.07, 6.45) is -0.801. The Kier molecular flexibility index (Phi) is 9.22. The van der Waals surface area contributed by atoms with E-state index in [1.807, 2.05) is 59.3 Å². The van der Waals surface area contributed by atoms with Crippen LogP contribution in [-0.2, 0) is 0 Å². The fraction of sp³-hybridized carbons (Fsp3) is 0.257. The van der Waals surface area contributed by atoms with Crippen LogP contribution in [0.4, 0.5) is 18.0 Å². The summed E-state index contributed by atoms with van der Waals surface area (Å²) in [5.41, 5.74) is 7.23. The first-order valence-corrected chi connectivity index (χ1v) is 16.2. The van der Waals surface area contributed by atoms with Crippen LogP contribution in [0.25, 0.3) is 28.3 Å². The van der Waals surface area contributed by atoms with Crippen LogP contribution in [0, 0.1) is 6.92 Å². The van der Waals surface area contributed by atoms with Gasteiger partial charge in [-0.2, -0.15) is 4.99 Å². The molecule has 0 bridgehead atoms. The van der Waals surface area contributed by atoms with Gasteiger partial charge in [0.15, 0.2) is 10.6 Å². The van der Waals surface area contributed by atoms with Crippen LogP contribution in [0.15, 0.2) is 89.1 Å². The van der Waals surface area contributed by atoms with E-state index in [-0.39, 0.29) is 11.7 Å². The normalized spacial score (nSPS) is 13.8. The number of rotatable bonds is 8. The van der Waals surface area contributed by atoms with Crippen molar-refractivity contribution in [2.24, 2.45) is 4.99 Å². The first-order valence-electron chi connectivity index (χ1n) is 15.3. The van der Waals surface area contributed by atoms with Gasteiger partial charge in [0.25, 0.3) is 0 Å². The molecular formula is C35H33F3N6O3S. The van der Waals surface area contributed by atoms with Gasteiger partial charge in [-0.05, 0) is 91.3 Å². The number of urea groups is 1. The van der Waals surface area contributed by atoms with E-state index in [0.29, 0.717) is 16.3 Å². The van der Waals surface area contributed by atoms with E-state index in [1.165, 1.54) is 46.6 Å². The molecule has 2 aromatic heterocycles. The van der Waals surface area contributed by atoms with Gasteiger partial charge in [-0.1, -0.05) is 38.1 Å². The number of alkyl halides is 3. The molecule has 0 atom stereocenters. The Hall–Kier alpha value is -5.17. The number of nitrogens with zero attached hydrogens (tertiary/aromatic N) is 5. The van der Waals surface area contributed by atoms with E-state index in [1.54, 1.807) is 7.11 Å². The summed E-state index contributed by atoms with van der Waals surface area (Å²) in [5.74, 6) is 1.16. The first-order chi connectivity index (χ1) is 23.0. The monoisotopic (exact) mass is 674 g/mol. The zero-order valence-corrected chi connectivity index (χ0v) is 27.5. The first kappa shape index (κ1) is 32.8. The number of amides is 2. The molecule has 0 saturated carbocycles. The highest BCUT2D eigenvalue weighted by molar-refractivity contribution is 7.07. The minimum atomic E-state index is -4.76. The quantitative estimate of drug-likeness (QED) is 0.179. The molecule has 0 spiro atoms. The third-order valence-electron chi connectivity index (χ3n) is 7.97. The number of aromatic nitrogens is 4. The van der Waals surface area contributed by atoms with Crippen molar-refractivity contribution in [3.05, 3.63) is 106 Å². The molecule has 0 aliphatic heterocycles. The average molecular weight is 675 g/mol. The summed E-state index contributed by atoms with van der Waals surface area (Å²) in [5, 5.41) is 9.53. The predicted molar refractivity (Wildman–Crippen MR) is 177 cm³/mol. The molecule has 5 aromatic rings. The Bertz CT molecular complexity index is 2040. The highest BCUT2D eigenvalue weighted by atomic mass is 32.1. The third kappa shape index (κ3) is 7.20. The summed E-state index contributed by atoms with van der Waals surface area (Å²) in [6.45, 7) is 6.24. The number of benzene rings is 3. The smallest absolute Gasteiger partial charge is 0.497 e. The molecule has 1 aliphatic rings. The Labute approximate surface area is 279 Å². The maximum atomic E-state index is 13.3. The van der Waals surface area contributed by atoms with E-state index >= 15 is 0 Å². The van der Waals surface area contributed by atoms with Gasteiger partial charge in [-0.3, -0.25) is 4.57 Å². The van der Waals surface area contributed by atoms with Crippen molar-refractivity contribution < 1.29 is 27.4 Å². The summed E-state index contributed by atoms with van der Waals surface area (Å²) in [6, 6.07) is 18.6. The molecule has 2 heterocycles. The van der Waals surface area contributed by atoms with E-state index in [4.69, 9.17) is 4.74 Å². The zero-order chi connectivity index (χ0) is 34.0. The minimum absolute atomic E-state index is 0.232. The van der Waals surface area contributed by atoms with Crippen LogP contribution in [0.2, 0.25) is 0 Å². The molecule has 0 fully saturated rings. The maximum absolute atomic E-state index is 13.3. The molecule has 0 radical (unpaired) electrons. The van der Waals surface area contributed by atoms with Crippen LogP contribution in [-0.4, -0.2) is 38.8 Å². The molecule has 13 heteroatoms.